The van der Waals surface area contributed by atoms with Crippen molar-refractivity contribution in [1.82, 2.24) is 0 Å². The third-order valence-electron chi connectivity index (χ3n) is 3.85. The Kier molecular flexibility index (Phi) is 4.19. The van der Waals surface area contributed by atoms with Gasteiger partial charge in [0.15, 0.2) is 0 Å². The van der Waals surface area contributed by atoms with E-state index in [1.165, 1.54) is 7.11 Å². The summed E-state index contributed by atoms with van der Waals surface area (Å²) < 4.78 is 10.6. The molecule has 0 saturated heterocycles. The number of esters is 1. The second-order valence-corrected chi connectivity index (χ2v) is 5.42. The number of benzene rings is 2. The lowest BCUT2D eigenvalue weighted by atomic mass is 9.75. The minimum absolute atomic E-state index is 0.0481. The first-order valence-corrected chi connectivity index (χ1v) is 7.46. The van der Waals surface area contributed by atoms with Gasteiger partial charge in [0.05, 0.1) is 24.3 Å². The molecular weight excluding hydrogens is 291 g/mol. The van der Waals surface area contributed by atoms with Crippen LogP contribution in [-0.2, 0) is 22.3 Å². The van der Waals surface area contributed by atoms with Crippen LogP contribution in [0.4, 0.5) is 0 Å². The summed E-state index contributed by atoms with van der Waals surface area (Å²) in [5.74, 6) is -0.383. The number of fused-ring (bicyclic) bond motifs is 2. The molecule has 0 spiro atoms. The van der Waals surface area contributed by atoms with Gasteiger partial charge in [-0.1, -0.05) is 36.9 Å². The second-order valence-electron chi connectivity index (χ2n) is 5.42. The molecule has 1 radical (unpaired) electrons. The molecule has 23 heavy (non-hydrogen) atoms. The summed E-state index contributed by atoms with van der Waals surface area (Å²) in [5.41, 5.74) is 2.60. The molecule has 0 unspecified atom stereocenters. The predicted molar refractivity (Wildman–Crippen MR) is 91.0 cm³/mol. The SMILES string of the molecule is C[B]Cc1ccc2oc3cccc(CC(=O)OC)c3c(=O)c2c1. The lowest BCUT2D eigenvalue weighted by molar-refractivity contribution is -0.139. The van der Waals surface area contributed by atoms with Crippen molar-refractivity contribution in [3.05, 3.63) is 57.7 Å². The molecule has 4 nitrogen and oxygen atoms in total. The molecule has 3 aromatic rings. The van der Waals surface area contributed by atoms with Crippen molar-refractivity contribution in [2.45, 2.75) is 19.6 Å². The molecule has 1 aromatic heterocycles. The van der Waals surface area contributed by atoms with Crippen LogP contribution in [0.5, 0.6) is 0 Å². The summed E-state index contributed by atoms with van der Waals surface area (Å²) >= 11 is 0. The predicted octanol–water partition coefficient (Wildman–Crippen LogP) is 2.91. The van der Waals surface area contributed by atoms with Crippen LogP contribution in [0.1, 0.15) is 11.1 Å². The Morgan fingerprint density at radius 1 is 1.22 bits per heavy atom. The molecule has 0 aliphatic carbocycles. The minimum atomic E-state index is -0.383. The molecule has 5 heteroatoms. The maximum Gasteiger partial charge on any atom is 0.310 e. The highest BCUT2D eigenvalue weighted by atomic mass is 16.5. The van der Waals surface area contributed by atoms with E-state index in [-0.39, 0.29) is 17.8 Å². The van der Waals surface area contributed by atoms with Crippen molar-refractivity contribution < 1.29 is 13.9 Å². The summed E-state index contributed by atoms with van der Waals surface area (Å²) in [5, 5.41) is 0.984. The van der Waals surface area contributed by atoms with Crippen LogP contribution in [0.3, 0.4) is 0 Å². The van der Waals surface area contributed by atoms with Gasteiger partial charge < -0.3 is 9.15 Å². The maximum atomic E-state index is 12.9. The summed E-state index contributed by atoms with van der Waals surface area (Å²) in [6, 6.07) is 10.9. The lowest BCUT2D eigenvalue weighted by Crippen LogP contribution is -2.10. The van der Waals surface area contributed by atoms with Crippen LogP contribution in [-0.4, -0.2) is 20.4 Å². The molecule has 0 bridgehead atoms. The molecule has 0 fully saturated rings. The van der Waals surface area contributed by atoms with E-state index in [0.717, 1.165) is 11.9 Å². The van der Waals surface area contributed by atoms with Gasteiger partial charge in [0, 0.05) is 0 Å². The molecule has 3 rings (SSSR count). The number of hydrogen-bond donors (Lipinski definition) is 0. The number of methoxy groups -OCH3 is 1. The molecule has 0 N–H and O–H groups in total. The summed E-state index contributed by atoms with van der Waals surface area (Å²) in [6.45, 7) is 1.97. The Balaban J connectivity index is 2.28. The topological polar surface area (TPSA) is 56.5 Å². The molecule has 1 heterocycles. The zero-order valence-corrected chi connectivity index (χ0v) is 13.1. The first-order valence-electron chi connectivity index (χ1n) is 7.46. The van der Waals surface area contributed by atoms with Crippen molar-refractivity contribution in [2.75, 3.05) is 7.11 Å². The van der Waals surface area contributed by atoms with Gasteiger partial charge in [-0.3, -0.25) is 9.59 Å². The fourth-order valence-electron chi connectivity index (χ4n) is 2.75. The smallest absolute Gasteiger partial charge is 0.310 e. The van der Waals surface area contributed by atoms with E-state index in [2.05, 4.69) is 0 Å². The third kappa shape index (κ3) is 2.87. The fraction of sp³-hybridized carbons (Fsp3) is 0.222. The van der Waals surface area contributed by atoms with E-state index in [1.807, 2.05) is 32.3 Å². The first kappa shape index (κ1) is 15.3. The van der Waals surface area contributed by atoms with E-state index in [1.54, 1.807) is 18.2 Å². The quantitative estimate of drug-likeness (QED) is 0.422. The van der Waals surface area contributed by atoms with Crippen molar-refractivity contribution in [3.63, 3.8) is 0 Å². The standard InChI is InChI=1S/C18H16BO4/c1-19-10-11-6-7-14-13(8-11)18(21)17-12(9-16(20)22-2)4-3-5-15(17)23-14/h3-8H,9-10H2,1-2H3. The Morgan fingerprint density at radius 3 is 2.78 bits per heavy atom. The second kappa shape index (κ2) is 6.28. The first-order chi connectivity index (χ1) is 11.1. The molecule has 0 aliphatic heterocycles. The molecule has 115 valence electrons. The van der Waals surface area contributed by atoms with Gasteiger partial charge in [-0.25, -0.2) is 0 Å². The zero-order valence-electron chi connectivity index (χ0n) is 13.1. The number of ether oxygens (including phenoxy) is 1. The van der Waals surface area contributed by atoms with E-state index < -0.39 is 0 Å². The van der Waals surface area contributed by atoms with Crippen LogP contribution >= 0.6 is 0 Å². The van der Waals surface area contributed by atoms with Gasteiger partial charge in [-0.05, 0) is 23.8 Å². The number of hydrogen-bond acceptors (Lipinski definition) is 4. The van der Waals surface area contributed by atoms with Gasteiger partial charge in [0.2, 0.25) is 5.43 Å². The molecule has 0 amide bonds. The molecule has 0 atom stereocenters. The summed E-state index contributed by atoms with van der Waals surface area (Å²) in [6.07, 6.45) is 0.837. The van der Waals surface area contributed by atoms with Crippen LogP contribution in [0.2, 0.25) is 6.82 Å². The van der Waals surface area contributed by atoms with E-state index >= 15 is 0 Å². The van der Waals surface area contributed by atoms with Crippen LogP contribution in [0.25, 0.3) is 21.9 Å². The van der Waals surface area contributed by atoms with Gasteiger partial charge >= 0.3 is 5.97 Å². The average molecular weight is 307 g/mol. The highest BCUT2D eigenvalue weighted by Gasteiger charge is 2.14. The van der Waals surface area contributed by atoms with Gasteiger partial charge in [0.1, 0.15) is 18.4 Å². The van der Waals surface area contributed by atoms with Crippen molar-refractivity contribution in [1.29, 1.82) is 0 Å². The number of carbonyl (C=O) groups is 1. The number of carbonyl (C=O) groups excluding carboxylic acids is 1. The molecule has 0 saturated carbocycles. The maximum absolute atomic E-state index is 12.9. The van der Waals surface area contributed by atoms with Crippen LogP contribution in [0, 0.1) is 0 Å². The fourth-order valence-corrected chi connectivity index (χ4v) is 2.75. The monoisotopic (exact) mass is 307 g/mol. The van der Waals surface area contributed by atoms with E-state index in [4.69, 9.17) is 9.15 Å². The van der Waals surface area contributed by atoms with Crippen LogP contribution < -0.4 is 5.43 Å². The minimum Gasteiger partial charge on any atom is -0.469 e. The molecule has 0 aliphatic rings. The van der Waals surface area contributed by atoms with E-state index in [0.29, 0.717) is 27.5 Å². The van der Waals surface area contributed by atoms with Gasteiger partial charge in [-0.15, -0.1) is 0 Å². The Morgan fingerprint density at radius 2 is 2.04 bits per heavy atom. The summed E-state index contributed by atoms with van der Waals surface area (Å²) in [7, 11) is 3.37. The number of rotatable bonds is 4. The molecule has 2 aromatic carbocycles. The van der Waals surface area contributed by atoms with Crippen molar-refractivity contribution in [2.24, 2.45) is 0 Å². The largest absolute Gasteiger partial charge is 0.469 e. The Hall–Kier alpha value is -2.56. The normalized spacial score (nSPS) is 10.9. The highest BCUT2D eigenvalue weighted by Crippen LogP contribution is 2.22. The third-order valence-corrected chi connectivity index (χ3v) is 3.85. The summed E-state index contributed by atoms with van der Waals surface area (Å²) in [4.78, 5) is 24.5. The highest BCUT2D eigenvalue weighted by molar-refractivity contribution is 6.32. The Labute approximate surface area is 134 Å². The average Bonchev–Trinajstić information content (AvgIpc) is 2.56. The zero-order chi connectivity index (χ0) is 16.4. The lowest BCUT2D eigenvalue weighted by Gasteiger charge is -2.07. The van der Waals surface area contributed by atoms with E-state index in [9.17, 15) is 9.59 Å². The van der Waals surface area contributed by atoms with Gasteiger partial charge in [0.25, 0.3) is 0 Å². The Bertz CT molecular complexity index is 943. The van der Waals surface area contributed by atoms with Gasteiger partial charge in [-0.2, -0.15) is 0 Å². The van der Waals surface area contributed by atoms with Crippen LogP contribution in [0.15, 0.2) is 45.6 Å². The molecular formula is C18H16BO4. The van der Waals surface area contributed by atoms with Crippen molar-refractivity contribution >= 4 is 35.2 Å². The van der Waals surface area contributed by atoms with Crippen molar-refractivity contribution in [3.8, 4) is 0 Å².